The highest BCUT2D eigenvalue weighted by atomic mass is 79.9. The van der Waals surface area contributed by atoms with Crippen LogP contribution >= 0.6 is 15.9 Å². The molecule has 2 saturated carbocycles. The Morgan fingerprint density at radius 3 is 2.57 bits per heavy atom. The van der Waals surface area contributed by atoms with Crippen LogP contribution in [-0.4, -0.2) is 33.9 Å². The molecule has 3 rings (SSSR count). The van der Waals surface area contributed by atoms with Gasteiger partial charge in [0, 0.05) is 11.8 Å². The lowest BCUT2D eigenvalue weighted by Gasteiger charge is -2.56. The van der Waals surface area contributed by atoms with Gasteiger partial charge in [-0.3, -0.25) is 9.59 Å². The van der Waals surface area contributed by atoms with Crippen molar-refractivity contribution in [3.8, 4) is 0 Å². The third-order valence-corrected chi connectivity index (χ3v) is 6.52. The van der Waals surface area contributed by atoms with Gasteiger partial charge >= 0.3 is 5.97 Å². The van der Waals surface area contributed by atoms with Crippen LogP contribution in [0.15, 0.2) is 0 Å². The lowest BCUT2D eigenvalue weighted by atomic mass is 9.60. The zero-order valence-electron chi connectivity index (χ0n) is 12.4. The van der Waals surface area contributed by atoms with E-state index in [2.05, 4.69) is 15.9 Å². The van der Waals surface area contributed by atoms with Gasteiger partial charge in [0.2, 0.25) is 0 Å². The molecule has 0 bridgehead atoms. The Kier molecular flexibility index (Phi) is 3.93. The van der Waals surface area contributed by atoms with Gasteiger partial charge in [-0.05, 0) is 32.1 Å². The summed E-state index contributed by atoms with van der Waals surface area (Å²) in [6, 6.07) is 0. The van der Waals surface area contributed by atoms with Crippen molar-refractivity contribution < 1.29 is 19.4 Å². The summed E-state index contributed by atoms with van der Waals surface area (Å²) >= 11 is 3.37. The predicted molar refractivity (Wildman–Crippen MR) is 81.0 cm³/mol. The fourth-order valence-electron chi connectivity index (χ4n) is 4.78. The van der Waals surface area contributed by atoms with Crippen molar-refractivity contribution in [2.75, 3.05) is 5.33 Å². The molecule has 5 heteroatoms. The van der Waals surface area contributed by atoms with Crippen molar-refractivity contribution in [3.05, 3.63) is 0 Å². The summed E-state index contributed by atoms with van der Waals surface area (Å²) in [5.74, 6) is -0.458. The molecule has 2 aliphatic carbocycles. The number of rotatable bonds is 4. The highest BCUT2D eigenvalue weighted by molar-refractivity contribution is 9.09. The number of alkyl halides is 1. The fraction of sp³-hybridized carbons (Fsp3) is 0.875. The first-order valence-corrected chi connectivity index (χ1v) is 9.09. The molecule has 1 saturated heterocycles. The van der Waals surface area contributed by atoms with Gasteiger partial charge < -0.3 is 9.84 Å². The lowest BCUT2D eigenvalue weighted by molar-refractivity contribution is -0.265. The smallest absolute Gasteiger partial charge is 0.319 e. The SMILES string of the molecule is C[C@@]12OC(=O)C1(C(O)C1CCCCC1)CC(=O)C2CCBr. The second kappa shape index (κ2) is 5.34. The minimum atomic E-state index is -0.987. The number of esters is 1. The maximum Gasteiger partial charge on any atom is 0.319 e. The summed E-state index contributed by atoms with van der Waals surface area (Å²) in [6.45, 7) is 1.85. The van der Waals surface area contributed by atoms with E-state index in [1.165, 1.54) is 6.42 Å². The van der Waals surface area contributed by atoms with Crippen LogP contribution in [0.4, 0.5) is 0 Å². The van der Waals surface area contributed by atoms with Crippen molar-refractivity contribution in [2.24, 2.45) is 17.3 Å². The summed E-state index contributed by atoms with van der Waals surface area (Å²) in [6.07, 6.45) is 5.36. The molecule has 4 atom stereocenters. The van der Waals surface area contributed by atoms with Gasteiger partial charge in [-0.1, -0.05) is 35.2 Å². The third-order valence-electron chi connectivity index (χ3n) is 6.06. The lowest BCUT2D eigenvalue weighted by Crippen LogP contribution is -2.70. The van der Waals surface area contributed by atoms with E-state index in [1.54, 1.807) is 0 Å². The minimum absolute atomic E-state index is 0.0673. The summed E-state index contributed by atoms with van der Waals surface area (Å²) in [4.78, 5) is 24.7. The van der Waals surface area contributed by atoms with Crippen LogP contribution in [0.25, 0.3) is 0 Å². The van der Waals surface area contributed by atoms with Crippen LogP contribution in [0.3, 0.4) is 0 Å². The maximum atomic E-state index is 12.4. The molecule has 4 nitrogen and oxygen atoms in total. The number of hydrogen-bond acceptors (Lipinski definition) is 4. The number of aliphatic hydroxyl groups excluding tert-OH is 1. The summed E-state index contributed by atoms with van der Waals surface area (Å²) in [7, 11) is 0. The zero-order chi connectivity index (χ0) is 15.3. The largest absolute Gasteiger partial charge is 0.457 e. The van der Waals surface area contributed by atoms with E-state index >= 15 is 0 Å². The Morgan fingerprint density at radius 2 is 2.00 bits per heavy atom. The number of carbonyl (C=O) groups is 2. The first kappa shape index (κ1) is 15.5. The molecule has 3 unspecified atom stereocenters. The van der Waals surface area contributed by atoms with E-state index < -0.39 is 17.1 Å². The van der Waals surface area contributed by atoms with Gasteiger partial charge in [0.15, 0.2) is 0 Å². The molecule has 0 aromatic heterocycles. The average molecular weight is 359 g/mol. The summed E-state index contributed by atoms with van der Waals surface area (Å²) in [5.41, 5.74) is -1.80. The maximum absolute atomic E-state index is 12.4. The Bertz CT molecular complexity index is 459. The molecule has 1 aliphatic heterocycles. The topological polar surface area (TPSA) is 63.6 Å². The van der Waals surface area contributed by atoms with E-state index in [9.17, 15) is 14.7 Å². The highest BCUT2D eigenvalue weighted by Crippen LogP contribution is 2.63. The fourth-order valence-corrected chi connectivity index (χ4v) is 5.24. The number of ketones is 1. The van der Waals surface area contributed by atoms with Gasteiger partial charge in [0.25, 0.3) is 0 Å². The molecule has 21 heavy (non-hydrogen) atoms. The van der Waals surface area contributed by atoms with E-state index in [0.717, 1.165) is 25.7 Å². The van der Waals surface area contributed by atoms with Crippen LogP contribution in [0.1, 0.15) is 51.9 Å². The van der Waals surface area contributed by atoms with Gasteiger partial charge in [0.1, 0.15) is 16.8 Å². The number of ether oxygens (including phenoxy) is 1. The van der Waals surface area contributed by atoms with Crippen LogP contribution < -0.4 is 0 Å². The Hall–Kier alpha value is -0.420. The number of aliphatic hydroxyl groups is 1. The molecule has 0 spiro atoms. The van der Waals surface area contributed by atoms with Gasteiger partial charge in [-0.15, -0.1) is 0 Å². The van der Waals surface area contributed by atoms with Crippen molar-refractivity contribution in [1.82, 2.24) is 0 Å². The molecule has 1 heterocycles. The van der Waals surface area contributed by atoms with Crippen LogP contribution in [-0.2, 0) is 14.3 Å². The molecule has 3 aliphatic rings. The van der Waals surface area contributed by atoms with E-state index in [0.29, 0.717) is 11.8 Å². The van der Waals surface area contributed by atoms with E-state index in [-0.39, 0.29) is 30.0 Å². The summed E-state index contributed by atoms with van der Waals surface area (Å²) < 4.78 is 5.46. The Labute approximate surface area is 133 Å². The first-order valence-electron chi connectivity index (χ1n) is 7.97. The van der Waals surface area contributed by atoms with E-state index in [1.807, 2.05) is 6.92 Å². The van der Waals surface area contributed by atoms with Crippen molar-refractivity contribution in [1.29, 1.82) is 0 Å². The van der Waals surface area contributed by atoms with Crippen LogP contribution in [0.5, 0.6) is 0 Å². The normalized spacial score (nSPS) is 41.4. The number of carbonyl (C=O) groups excluding carboxylic acids is 2. The second-order valence-electron chi connectivity index (χ2n) is 6.98. The summed E-state index contributed by atoms with van der Waals surface area (Å²) in [5, 5.41) is 11.6. The third kappa shape index (κ3) is 1.96. The quantitative estimate of drug-likeness (QED) is 0.619. The minimum Gasteiger partial charge on any atom is -0.457 e. The number of hydrogen-bond donors (Lipinski definition) is 1. The molecule has 3 fully saturated rings. The predicted octanol–water partition coefficient (Wildman–Crippen LogP) is 2.60. The second-order valence-corrected chi connectivity index (χ2v) is 7.78. The van der Waals surface area contributed by atoms with Crippen molar-refractivity contribution in [2.45, 2.75) is 63.6 Å². The van der Waals surface area contributed by atoms with Crippen molar-refractivity contribution >= 4 is 27.7 Å². The number of Topliss-reactive ketones (excluding diaryl/α,β-unsaturated/α-hetero) is 1. The molecular weight excluding hydrogens is 336 g/mol. The average Bonchev–Trinajstić information content (AvgIpc) is 2.65. The first-order chi connectivity index (χ1) is 9.97. The molecule has 0 aromatic rings. The van der Waals surface area contributed by atoms with Gasteiger partial charge in [-0.25, -0.2) is 0 Å². The molecular formula is C16H23BrO4. The highest BCUT2D eigenvalue weighted by Gasteiger charge is 2.78. The van der Waals surface area contributed by atoms with E-state index in [4.69, 9.17) is 4.74 Å². The van der Waals surface area contributed by atoms with Crippen molar-refractivity contribution in [3.63, 3.8) is 0 Å². The number of halogens is 1. The van der Waals surface area contributed by atoms with Gasteiger partial charge in [0.05, 0.1) is 12.0 Å². The molecule has 0 aromatic carbocycles. The Balaban J connectivity index is 1.90. The zero-order valence-corrected chi connectivity index (χ0v) is 14.0. The molecule has 118 valence electrons. The molecule has 0 radical (unpaired) electrons. The van der Waals surface area contributed by atoms with Gasteiger partial charge in [-0.2, -0.15) is 0 Å². The molecule has 0 amide bonds. The monoisotopic (exact) mass is 358 g/mol. The Morgan fingerprint density at radius 1 is 1.33 bits per heavy atom. The molecule has 1 N–H and O–H groups in total. The standard InChI is InChI=1S/C16H23BrO4/c1-15-11(7-8-17)12(18)9-16(15,14(20)21-15)13(19)10-5-3-2-4-6-10/h10-11,13,19H,2-9H2,1H3/t11?,13?,15-,16?/m0/s1. The van der Waals surface area contributed by atoms with Crippen LogP contribution in [0, 0.1) is 17.3 Å². The number of fused-ring (bicyclic) bond motifs is 1. The van der Waals surface area contributed by atoms with Crippen LogP contribution in [0.2, 0.25) is 0 Å².